The maximum absolute atomic E-state index is 11.6. The Kier molecular flexibility index (Phi) is 3.19. The molecule has 0 amide bonds. The Balaban J connectivity index is 2.48. The van der Waals surface area contributed by atoms with Crippen molar-refractivity contribution in [2.45, 2.75) is 6.92 Å². The SMILES string of the molecule is COC(=O)c1cc(-c2ccccc2)ncc1C. The van der Waals surface area contributed by atoms with E-state index in [0.29, 0.717) is 5.56 Å². The summed E-state index contributed by atoms with van der Waals surface area (Å²) in [7, 11) is 1.38. The number of carbonyl (C=O) groups is 1. The average molecular weight is 227 g/mol. The number of pyridine rings is 1. The van der Waals surface area contributed by atoms with Crippen LogP contribution in [0.2, 0.25) is 0 Å². The third kappa shape index (κ3) is 2.33. The average Bonchev–Trinajstić information content (AvgIpc) is 2.39. The minimum Gasteiger partial charge on any atom is -0.465 e. The molecular formula is C14H13NO2. The van der Waals surface area contributed by atoms with Crippen molar-refractivity contribution >= 4 is 5.97 Å². The predicted octanol–water partition coefficient (Wildman–Crippen LogP) is 2.84. The van der Waals surface area contributed by atoms with Gasteiger partial charge in [0.15, 0.2) is 0 Å². The van der Waals surface area contributed by atoms with Crippen LogP contribution in [0.4, 0.5) is 0 Å². The molecule has 0 atom stereocenters. The van der Waals surface area contributed by atoms with Crippen LogP contribution >= 0.6 is 0 Å². The minimum atomic E-state index is -0.331. The quantitative estimate of drug-likeness (QED) is 0.740. The fraction of sp³-hybridized carbons (Fsp3) is 0.143. The van der Waals surface area contributed by atoms with Gasteiger partial charge in [-0.1, -0.05) is 30.3 Å². The highest BCUT2D eigenvalue weighted by molar-refractivity contribution is 5.92. The van der Waals surface area contributed by atoms with Crippen LogP contribution in [0, 0.1) is 6.92 Å². The Morgan fingerprint density at radius 3 is 2.59 bits per heavy atom. The first-order valence-electron chi connectivity index (χ1n) is 5.33. The lowest BCUT2D eigenvalue weighted by Crippen LogP contribution is -2.04. The summed E-state index contributed by atoms with van der Waals surface area (Å²) in [5, 5.41) is 0. The Bertz CT molecular complexity index is 535. The van der Waals surface area contributed by atoms with Crippen molar-refractivity contribution in [3.63, 3.8) is 0 Å². The van der Waals surface area contributed by atoms with Crippen LogP contribution in [0.5, 0.6) is 0 Å². The Morgan fingerprint density at radius 1 is 1.24 bits per heavy atom. The summed E-state index contributed by atoms with van der Waals surface area (Å²) in [5.74, 6) is -0.331. The van der Waals surface area contributed by atoms with Crippen molar-refractivity contribution in [1.82, 2.24) is 4.98 Å². The molecule has 2 aromatic rings. The van der Waals surface area contributed by atoms with Gasteiger partial charge in [0.05, 0.1) is 18.4 Å². The molecule has 3 heteroatoms. The van der Waals surface area contributed by atoms with Gasteiger partial charge in [0.25, 0.3) is 0 Å². The Labute approximate surface area is 100 Å². The monoisotopic (exact) mass is 227 g/mol. The number of hydrogen-bond donors (Lipinski definition) is 0. The second-order valence-corrected chi connectivity index (χ2v) is 3.74. The number of nitrogens with zero attached hydrogens (tertiary/aromatic N) is 1. The number of ether oxygens (including phenoxy) is 1. The van der Waals surface area contributed by atoms with Gasteiger partial charge >= 0.3 is 5.97 Å². The van der Waals surface area contributed by atoms with Crippen molar-refractivity contribution in [2.24, 2.45) is 0 Å². The number of aromatic nitrogens is 1. The molecular weight excluding hydrogens is 214 g/mol. The highest BCUT2D eigenvalue weighted by Gasteiger charge is 2.11. The van der Waals surface area contributed by atoms with Crippen LogP contribution in [0.3, 0.4) is 0 Å². The number of aryl methyl sites for hydroxylation is 1. The molecule has 0 aliphatic rings. The highest BCUT2D eigenvalue weighted by atomic mass is 16.5. The fourth-order valence-electron chi connectivity index (χ4n) is 1.62. The van der Waals surface area contributed by atoms with Gasteiger partial charge in [0.2, 0.25) is 0 Å². The van der Waals surface area contributed by atoms with Crippen molar-refractivity contribution in [1.29, 1.82) is 0 Å². The third-order valence-electron chi connectivity index (χ3n) is 2.58. The van der Waals surface area contributed by atoms with Crippen LogP contribution in [0.1, 0.15) is 15.9 Å². The molecule has 0 radical (unpaired) electrons. The lowest BCUT2D eigenvalue weighted by atomic mass is 10.1. The first-order chi connectivity index (χ1) is 8.22. The van der Waals surface area contributed by atoms with E-state index in [-0.39, 0.29) is 5.97 Å². The van der Waals surface area contributed by atoms with Gasteiger partial charge < -0.3 is 4.74 Å². The van der Waals surface area contributed by atoms with Crippen LogP contribution < -0.4 is 0 Å². The van der Waals surface area contributed by atoms with Crippen molar-refractivity contribution < 1.29 is 9.53 Å². The van der Waals surface area contributed by atoms with E-state index in [0.717, 1.165) is 16.8 Å². The summed E-state index contributed by atoms with van der Waals surface area (Å²) >= 11 is 0. The molecule has 0 unspecified atom stereocenters. The van der Waals surface area contributed by atoms with E-state index >= 15 is 0 Å². The van der Waals surface area contributed by atoms with Gasteiger partial charge in [-0.25, -0.2) is 4.79 Å². The second kappa shape index (κ2) is 4.78. The molecule has 0 fully saturated rings. The minimum absolute atomic E-state index is 0.331. The molecule has 0 aliphatic carbocycles. The maximum atomic E-state index is 11.6. The van der Waals surface area contributed by atoms with E-state index in [1.165, 1.54) is 7.11 Å². The third-order valence-corrected chi connectivity index (χ3v) is 2.58. The zero-order chi connectivity index (χ0) is 12.3. The molecule has 3 nitrogen and oxygen atoms in total. The lowest BCUT2D eigenvalue weighted by Gasteiger charge is -2.06. The zero-order valence-electron chi connectivity index (χ0n) is 9.81. The maximum Gasteiger partial charge on any atom is 0.338 e. The number of methoxy groups -OCH3 is 1. The summed E-state index contributed by atoms with van der Waals surface area (Å²) in [6, 6.07) is 11.5. The largest absolute Gasteiger partial charge is 0.465 e. The summed E-state index contributed by atoms with van der Waals surface area (Å²) in [4.78, 5) is 15.9. The first-order valence-corrected chi connectivity index (χ1v) is 5.33. The number of rotatable bonds is 2. The smallest absolute Gasteiger partial charge is 0.338 e. The van der Waals surface area contributed by atoms with E-state index in [4.69, 9.17) is 4.74 Å². The molecule has 17 heavy (non-hydrogen) atoms. The van der Waals surface area contributed by atoms with E-state index in [1.807, 2.05) is 37.3 Å². The van der Waals surface area contributed by atoms with Gasteiger partial charge in [0.1, 0.15) is 0 Å². The predicted molar refractivity (Wildman–Crippen MR) is 65.7 cm³/mol. The summed E-state index contributed by atoms with van der Waals surface area (Å²) in [5.41, 5.74) is 3.13. The van der Waals surface area contributed by atoms with Crippen LogP contribution in [0.25, 0.3) is 11.3 Å². The molecule has 0 saturated carbocycles. The summed E-state index contributed by atoms with van der Waals surface area (Å²) in [6.45, 7) is 1.84. The normalized spacial score (nSPS) is 10.0. The van der Waals surface area contributed by atoms with Crippen LogP contribution in [-0.4, -0.2) is 18.1 Å². The topological polar surface area (TPSA) is 39.2 Å². The lowest BCUT2D eigenvalue weighted by molar-refractivity contribution is 0.0600. The number of benzene rings is 1. The van der Waals surface area contributed by atoms with Gasteiger partial charge in [-0.2, -0.15) is 0 Å². The summed E-state index contributed by atoms with van der Waals surface area (Å²) in [6.07, 6.45) is 1.69. The van der Waals surface area contributed by atoms with Crippen LogP contribution in [0.15, 0.2) is 42.6 Å². The van der Waals surface area contributed by atoms with Crippen molar-refractivity contribution in [2.75, 3.05) is 7.11 Å². The van der Waals surface area contributed by atoms with E-state index in [9.17, 15) is 4.79 Å². The molecule has 1 aromatic carbocycles. The fourth-order valence-corrected chi connectivity index (χ4v) is 1.62. The number of hydrogen-bond acceptors (Lipinski definition) is 3. The van der Waals surface area contributed by atoms with Gasteiger partial charge in [0, 0.05) is 11.8 Å². The van der Waals surface area contributed by atoms with E-state index in [1.54, 1.807) is 12.3 Å². The highest BCUT2D eigenvalue weighted by Crippen LogP contribution is 2.19. The van der Waals surface area contributed by atoms with Crippen molar-refractivity contribution in [3.05, 3.63) is 53.7 Å². The Morgan fingerprint density at radius 2 is 1.94 bits per heavy atom. The zero-order valence-corrected chi connectivity index (χ0v) is 9.81. The molecule has 1 aromatic heterocycles. The molecule has 0 N–H and O–H groups in total. The molecule has 2 rings (SSSR count). The molecule has 86 valence electrons. The van der Waals surface area contributed by atoms with Gasteiger partial charge in [-0.3, -0.25) is 4.98 Å². The molecule has 0 bridgehead atoms. The number of esters is 1. The van der Waals surface area contributed by atoms with E-state index < -0.39 is 0 Å². The first kappa shape index (κ1) is 11.3. The molecule has 0 saturated heterocycles. The summed E-state index contributed by atoms with van der Waals surface area (Å²) < 4.78 is 4.74. The molecule has 0 aliphatic heterocycles. The molecule has 1 heterocycles. The standard InChI is InChI=1S/C14H13NO2/c1-10-9-15-13(8-12(10)14(16)17-2)11-6-4-3-5-7-11/h3-9H,1-2H3. The second-order valence-electron chi connectivity index (χ2n) is 3.74. The Hall–Kier alpha value is -2.16. The van der Waals surface area contributed by atoms with Gasteiger partial charge in [-0.15, -0.1) is 0 Å². The molecule has 0 spiro atoms. The van der Waals surface area contributed by atoms with Gasteiger partial charge in [-0.05, 0) is 18.6 Å². The van der Waals surface area contributed by atoms with Crippen LogP contribution in [-0.2, 0) is 4.74 Å². The number of carbonyl (C=O) groups excluding carboxylic acids is 1. The van der Waals surface area contributed by atoms with E-state index in [2.05, 4.69) is 4.98 Å². The van der Waals surface area contributed by atoms with Crippen molar-refractivity contribution in [3.8, 4) is 11.3 Å².